The molecule has 0 saturated carbocycles. The van der Waals surface area contributed by atoms with Crippen molar-refractivity contribution in [2.24, 2.45) is 5.92 Å². The van der Waals surface area contributed by atoms with E-state index in [0.29, 0.717) is 13.0 Å². The molecule has 8 nitrogen and oxygen atoms in total. The van der Waals surface area contributed by atoms with Gasteiger partial charge in [-0.25, -0.2) is 0 Å². The molecule has 0 aliphatic carbocycles. The number of benzene rings is 3. The number of aliphatic hydroxyl groups excluding tert-OH is 1. The molecule has 2 N–H and O–H groups in total. The first-order valence-corrected chi connectivity index (χ1v) is 17.6. The summed E-state index contributed by atoms with van der Waals surface area (Å²) in [5.41, 5.74) is 4.63. The third-order valence-corrected chi connectivity index (χ3v) is 11.3. The number of hydrogen-bond donors (Lipinski definition) is 2. The van der Waals surface area contributed by atoms with Gasteiger partial charge in [0.1, 0.15) is 0 Å². The molecule has 1 aromatic heterocycles. The molecule has 0 radical (unpaired) electrons. The van der Waals surface area contributed by atoms with Gasteiger partial charge in [0, 0.05) is 42.4 Å². The first-order valence-electron chi connectivity index (χ1n) is 14.6. The molecule has 1 saturated heterocycles. The number of aryl methyl sites for hydroxylation is 2. The molecule has 1 amide bonds. The summed E-state index contributed by atoms with van der Waals surface area (Å²) in [5, 5.41) is 19.6. The van der Waals surface area contributed by atoms with Crippen LogP contribution < -0.4 is 4.90 Å². The van der Waals surface area contributed by atoms with E-state index >= 15 is 0 Å². The lowest BCUT2D eigenvalue weighted by atomic mass is 9.95. The van der Waals surface area contributed by atoms with Crippen molar-refractivity contribution < 1.29 is 19.4 Å². The molecule has 4 atom stereocenters. The summed E-state index contributed by atoms with van der Waals surface area (Å²) in [6.07, 6.45) is 4.79. The van der Waals surface area contributed by atoms with Crippen LogP contribution in [0.1, 0.15) is 41.4 Å². The molecule has 41 heavy (non-hydrogen) atoms. The first kappa shape index (κ1) is 27.8. The number of nitrogens with zero attached hydrogens (tertiary/aromatic N) is 4. The molecule has 2 aliphatic heterocycles. The standard InChI is InChI=1S/C32H38N4O4Si/c1-21-28(40-29(31(21)41(2,3)39)15-17-35-20-24(16-18-37)33-34-35)14-13-22-7-4-10-25(19-22)36-27-12-6-9-23-8-5-11-26(30(23)27)32(36)38/h4-12,19-21,28-29,31,37,39H,13-18H2,1-3H3/t21-,28+,29-,31+/m1/s1. The monoisotopic (exact) mass is 570 g/mol. The highest BCUT2D eigenvalue weighted by atomic mass is 28.4. The summed E-state index contributed by atoms with van der Waals surface area (Å²) in [5.74, 6) is 0.251. The fourth-order valence-corrected chi connectivity index (χ4v) is 9.60. The predicted molar refractivity (Wildman–Crippen MR) is 162 cm³/mol. The Hall–Kier alpha value is -3.37. The maximum atomic E-state index is 13.4. The number of carbonyl (C=O) groups excluding carboxylic acids is 1. The second-order valence-electron chi connectivity index (χ2n) is 12.0. The Labute approximate surface area is 241 Å². The van der Waals surface area contributed by atoms with Gasteiger partial charge in [-0.05, 0) is 73.5 Å². The maximum Gasteiger partial charge on any atom is 0.263 e. The lowest BCUT2D eigenvalue weighted by Crippen LogP contribution is -2.40. The molecule has 2 aliphatic rings. The van der Waals surface area contributed by atoms with E-state index in [9.17, 15) is 9.59 Å². The molecule has 3 heterocycles. The molecule has 0 bridgehead atoms. The van der Waals surface area contributed by atoms with Gasteiger partial charge >= 0.3 is 0 Å². The minimum atomic E-state index is -2.48. The second-order valence-corrected chi connectivity index (χ2v) is 16.0. The summed E-state index contributed by atoms with van der Waals surface area (Å²) >= 11 is 0. The van der Waals surface area contributed by atoms with Crippen molar-refractivity contribution in [2.45, 2.75) is 70.0 Å². The van der Waals surface area contributed by atoms with Crippen LogP contribution in [0.2, 0.25) is 18.6 Å². The van der Waals surface area contributed by atoms with Crippen LogP contribution in [0.15, 0.2) is 66.9 Å². The Morgan fingerprint density at radius 2 is 1.78 bits per heavy atom. The highest BCUT2D eigenvalue weighted by Crippen LogP contribution is 2.46. The summed E-state index contributed by atoms with van der Waals surface area (Å²) < 4.78 is 8.45. The van der Waals surface area contributed by atoms with E-state index in [1.165, 1.54) is 0 Å². The summed E-state index contributed by atoms with van der Waals surface area (Å²) in [7, 11) is -2.48. The largest absolute Gasteiger partial charge is 0.432 e. The third-order valence-electron chi connectivity index (χ3n) is 8.76. The number of ether oxygens (including phenoxy) is 1. The second kappa shape index (κ2) is 11.1. The van der Waals surface area contributed by atoms with Crippen molar-refractivity contribution in [1.82, 2.24) is 15.0 Å². The number of carbonyl (C=O) groups is 1. The van der Waals surface area contributed by atoms with Gasteiger partial charge in [0.05, 0.1) is 29.2 Å². The van der Waals surface area contributed by atoms with Crippen molar-refractivity contribution in [1.29, 1.82) is 0 Å². The quantitative estimate of drug-likeness (QED) is 0.253. The van der Waals surface area contributed by atoms with Crippen LogP contribution in [0.5, 0.6) is 0 Å². The SMILES string of the molecule is C[C@H]1[C@H]([Si](C)(C)O)[C@@H](CCn2cc(CCO)nn2)O[C@H]1CCc1cccc(N2C(=O)c3cccc4cccc2c34)c1. The average molecular weight is 571 g/mol. The van der Waals surface area contributed by atoms with Gasteiger partial charge < -0.3 is 14.6 Å². The van der Waals surface area contributed by atoms with E-state index in [2.05, 4.69) is 41.5 Å². The minimum absolute atomic E-state index is 0.0124. The van der Waals surface area contributed by atoms with Crippen molar-refractivity contribution in [2.75, 3.05) is 11.5 Å². The van der Waals surface area contributed by atoms with Crippen molar-refractivity contribution >= 4 is 36.4 Å². The van der Waals surface area contributed by atoms with E-state index in [1.807, 2.05) is 60.6 Å². The van der Waals surface area contributed by atoms with Gasteiger partial charge in [0.15, 0.2) is 8.32 Å². The van der Waals surface area contributed by atoms with Gasteiger partial charge in [0.2, 0.25) is 0 Å². The van der Waals surface area contributed by atoms with Crippen LogP contribution in [-0.4, -0.2) is 57.9 Å². The molecule has 1 fully saturated rings. The zero-order valence-electron chi connectivity index (χ0n) is 23.9. The number of aromatic nitrogens is 3. The highest BCUT2D eigenvalue weighted by Gasteiger charge is 2.49. The highest BCUT2D eigenvalue weighted by molar-refractivity contribution is 6.71. The molecule has 4 aromatic rings. The predicted octanol–water partition coefficient (Wildman–Crippen LogP) is 5.25. The lowest BCUT2D eigenvalue weighted by Gasteiger charge is -2.30. The van der Waals surface area contributed by atoms with Gasteiger partial charge in [-0.15, -0.1) is 5.10 Å². The number of amides is 1. The van der Waals surface area contributed by atoms with Crippen LogP contribution in [-0.2, 0) is 24.1 Å². The van der Waals surface area contributed by atoms with Crippen LogP contribution in [0.4, 0.5) is 11.4 Å². The van der Waals surface area contributed by atoms with Gasteiger partial charge in [-0.3, -0.25) is 14.4 Å². The van der Waals surface area contributed by atoms with Crippen molar-refractivity contribution in [3.05, 3.63) is 83.7 Å². The van der Waals surface area contributed by atoms with Crippen LogP contribution in [0.25, 0.3) is 10.8 Å². The zero-order valence-corrected chi connectivity index (χ0v) is 24.9. The van der Waals surface area contributed by atoms with E-state index in [1.54, 1.807) is 4.68 Å². The van der Waals surface area contributed by atoms with Gasteiger partial charge in [0.25, 0.3) is 5.91 Å². The smallest absolute Gasteiger partial charge is 0.263 e. The lowest BCUT2D eigenvalue weighted by molar-refractivity contribution is 0.0245. The van der Waals surface area contributed by atoms with E-state index in [0.717, 1.165) is 58.2 Å². The zero-order chi connectivity index (χ0) is 28.7. The Bertz CT molecular complexity index is 1560. The number of anilines is 2. The molecule has 3 aromatic carbocycles. The van der Waals surface area contributed by atoms with E-state index in [-0.39, 0.29) is 36.2 Å². The van der Waals surface area contributed by atoms with Gasteiger partial charge in [-0.2, -0.15) is 0 Å². The molecule has 9 heteroatoms. The minimum Gasteiger partial charge on any atom is -0.432 e. The Balaban J connectivity index is 1.15. The fourth-order valence-electron chi connectivity index (χ4n) is 6.95. The molecular weight excluding hydrogens is 532 g/mol. The normalized spacial score (nSPS) is 22.3. The molecular formula is C32H38N4O4Si. The van der Waals surface area contributed by atoms with Crippen LogP contribution in [0, 0.1) is 5.92 Å². The Morgan fingerprint density at radius 3 is 2.56 bits per heavy atom. The molecule has 214 valence electrons. The number of hydrogen-bond acceptors (Lipinski definition) is 6. The van der Waals surface area contributed by atoms with E-state index < -0.39 is 8.32 Å². The summed E-state index contributed by atoms with van der Waals surface area (Å²) in [6.45, 7) is 6.95. The summed E-state index contributed by atoms with van der Waals surface area (Å²) in [4.78, 5) is 26.5. The maximum absolute atomic E-state index is 13.4. The fraction of sp³-hybridized carbons (Fsp3) is 0.406. The third kappa shape index (κ3) is 5.35. The van der Waals surface area contributed by atoms with Gasteiger partial charge in [-0.1, -0.05) is 48.5 Å². The van der Waals surface area contributed by atoms with Crippen LogP contribution >= 0.6 is 0 Å². The Kier molecular flexibility index (Phi) is 7.54. The Morgan fingerprint density at radius 1 is 1.00 bits per heavy atom. The van der Waals surface area contributed by atoms with E-state index in [4.69, 9.17) is 9.84 Å². The number of rotatable bonds is 10. The molecule has 0 spiro atoms. The molecule has 6 rings (SSSR count). The number of aliphatic hydroxyl groups is 1. The first-order chi connectivity index (χ1) is 19.7. The summed E-state index contributed by atoms with van der Waals surface area (Å²) in [6, 6.07) is 20.2. The average Bonchev–Trinajstić information content (AvgIpc) is 3.62. The topological polar surface area (TPSA) is 101 Å². The van der Waals surface area contributed by atoms with Crippen LogP contribution in [0.3, 0.4) is 0 Å². The van der Waals surface area contributed by atoms with Crippen molar-refractivity contribution in [3.8, 4) is 0 Å². The van der Waals surface area contributed by atoms with Crippen molar-refractivity contribution in [3.63, 3.8) is 0 Å². The molecule has 0 unspecified atom stereocenters.